The van der Waals surface area contributed by atoms with E-state index in [9.17, 15) is 23.1 Å². The Morgan fingerprint density at radius 2 is 1.50 bits per heavy atom. The molecule has 1 atom stereocenters. The monoisotopic (exact) mass is 441 g/mol. The Bertz CT molecular complexity index is 1070. The van der Waals surface area contributed by atoms with E-state index in [1.807, 2.05) is 48.5 Å². The minimum atomic E-state index is -4.51. The van der Waals surface area contributed by atoms with E-state index in [-0.39, 0.29) is 24.5 Å². The van der Waals surface area contributed by atoms with Crippen LogP contribution in [0.3, 0.4) is 0 Å². The smallest absolute Gasteiger partial charge is 0.416 e. The second kappa shape index (κ2) is 9.04. The fourth-order valence-corrected chi connectivity index (χ4v) is 4.21. The van der Waals surface area contributed by atoms with E-state index in [2.05, 4.69) is 5.32 Å². The predicted molar refractivity (Wildman–Crippen MR) is 114 cm³/mol. The van der Waals surface area contributed by atoms with Gasteiger partial charge in [0.1, 0.15) is 6.61 Å². The molecule has 0 saturated carbocycles. The number of fused-ring (bicyclic) bond motifs is 3. The van der Waals surface area contributed by atoms with Gasteiger partial charge in [-0.05, 0) is 40.3 Å². The second-order valence-corrected chi connectivity index (χ2v) is 7.71. The summed E-state index contributed by atoms with van der Waals surface area (Å²) < 4.78 is 45.1. The molecule has 2 N–H and O–H groups in total. The molecule has 4 rings (SSSR count). The zero-order chi connectivity index (χ0) is 22.7. The lowest BCUT2D eigenvalue weighted by Crippen LogP contribution is -2.40. The Balaban J connectivity index is 1.42. The first-order valence-corrected chi connectivity index (χ1v) is 10.3. The number of aliphatic hydroxyl groups is 1. The lowest BCUT2D eigenvalue weighted by atomic mass is 9.98. The number of alkyl halides is 3. The van der Waals surface area contributed by atoms with Gasteiger partial charge in [0.15, 0.2) is 0 Å². The maximum atomic E-state index is 13.2. The van der Waals surface area contributed by atoms with Crippen molar-refractivity contribution in [2.24, 2.45) is 0 Å². The highest BCUT2D eigenvalue weighted by Crippen LogP contribution is 2.44. The third-order valence-corrected chi connectivity index (χ3v) is 5.68. The van der Waals surface area contributed by atoms with Crippen molar-refractivity contribution < 1.29 is 27.8 Å². The highest BCUT2D eigenvalue weighted by atomic mass is 19.4. The van der Waals surface area contributed by atoms with Gasteiger partial charge in [0.25, 0.3) is 0 Å². The molecule has 0 fully saturated rings. The SMILES string of the molecule is O=C(N[C@H](CO)Cc1ccccc1C(F)(F)F)OCC1c2ccccc2-c2ccccc21. The number of halogens is 3. The van der Waals surface area contributed by atoms with Crippen LogP contribution in [0.1, 0.15) is 28.2 Å². The Hall–Kier alpha value is -3.32. The minimum absolute atomic E-state index is 0.00185. The van der Waals surface area contributed by atoms with Gasteiger partial charge in [0.05, 0.1) is 18.2 Å². The Kier molecular flexibility index (Phi) is 6.19. The lowest BCUT2D eigenvalue weighted by Gasteiger charge is -2.20. The molecule has 166 valence electrons. The summed E-state index contributed by atoms with van der Waals surface area (Å²) in [4.78, 5) is 12.4. The van der Waals surface area contributed by atoms with Crippen LogP contribution in [0.4, 0.5) is 18.0 Å². The Morgan fingerprint density at radius 3 is 2.09 bits per heavy atom. The number of alkyl carbamates (subject to hydrolysis) is 1. The van der Waals surface area contributed by atoms with Crippen molar-refractivity contribution in [1.29, 1.82) is 0 Å². The van der Waals surface area contributed by atoms with Crippen molar-refractivity contribution in [3.8, 4) is 11.1 Å². The topological polar surface area (TPSA) is 58.6 Å². The molecular formula is C25H22F3NO3. The molecule has 1 aliphatic rings. The minimum Gasteiger partial charge on any atom is -0.449 e. The summed E-state index contributed by atoms with van der Waals surface area (Å²) in [5.74, 6) is -0.133. The first kappa shape index (κ1) is 21.9. The van der Waals surface area contributed by atoms with Crippen molar-refractivity contribution >= 4 is 6.09 Å². The number of benzene rings is 3. The van der Waals surface area contributed by atoms with E-state index >= 15 is 0 Å². The summed E-state index contributed by atoms with van der Waals surface area (Å²) in [6.45, 7) is -0.437. The van der Waals surface area contributed by atoms with Gasteiger partial charge in [-0.25, -0.2) is 4.79 Å². The first-order chi connectivity index (χ1) is 15.4. The summed E-state index contributed by atoms with van der Waals surface area (Å²) in [5.41, 5.74) is 3.51. The third kappa shape index (κ3) is 4.48. The number of carbonyl (C=O) groups excluding carboxylic acids is 1. The van der Waals surface area contributed by atoms with Crippen LogP contribution in [0, 0.1) is 0 Å². The molecule has 0 aromatic heterocycles. The molecule has 3 aromatic carbocycles. The van der Waals surface area contributed by atoms with E-state index in [1.54, 1.807) is 0 Å². The number of aliphatic hydroxyl groups excluding tert-OH is 1. The van der Waals surface area contributed by atoms with Crippen molar-refractivity contribution in [2.75, 3.05) is 13.2 Å². The summed E-state index contributed by atoms with van der Waals surface area (Å²) >= 11 is 0. The standard InChI is InChI=1S/C25H22F3NO3/c26-25(27,28)23-12-6-1-7-16(23)13-17(14-30)29-24(31)32-15-22-20-10-4-2-8-18(20)19-9-3-5-11-21(19)22/h1-12,17,22,30H,13-15H2,(H,29,31)/t17-/m0/s1. The van der Waals surface area contributed by atoms with Crippen LogP contribution in [0.5, 0.6) is 0 Å². The van der Waals surface area contributed by atoms with Gasteiger partial charge >= 0.3 is 12.3 Å². The van der Waals surface area contributed by atoms with Gasteiger partial charge in [0.2, 0.25) is 0 Å². The molecule has 0 bridgehead atoms. The van der Waals surface area contributed by atoms with Gasteiger partial charge in [-0.3, -0.25) is 0 Å². The average Bonchev–Trinajstić information content (AvgIpc) is 3.10. The molecule has 3 aromatic rings. The molecule has 1 amide bonds. The highest BCUT2D eigenvalue weighted by molar-refractivity contribution is 5.79. The number of hydrogen-bond acceptors (Lipinski definition) is 3. The van der Waals surface area contributed by atoms with Crippen molar-refractivity contribution in [2.45, 2.75) is 24.6 Å². The number of carbonyl (C=O) groups is 1. The van der Waals surface area contributed by atoms with Gasteiger partial charge in [-0.1, -0.05) is 66.7 Å². The molecule has 0 spiro atoms. The highest BCUT2D eigenvalue weighted by Gasteiger charge is 2.34. The van der Waals surface area contributed by atoms with Gasteiger partial charge in [-0.2, -0.15) is 13.2 Å². The zero-order valence-corrected chi connectivity index (χ0v) is 17.1. The summed E-state index contributed by atoms with van der Waals surface area (Å²) in [5, 5.41) is 12.1. The lowest BCUT2D eigenvalue weighted by molar-refractivity contribution is -0.138. The van der Waals surface area contributed by atoms with Gasteiger partial charge in [0, 0.05) is 5.92 Å². The Labute approximate surface area is 183 Å². The van der Waals surface area contributed by atoms with Gasteiger partial charge in [-0.15, -0.1) is 0 Å². The van der Waals surface area contributed by atoms with Crippen LogP contribution >= 0.6 is 0 Å². The van der Waals surface area contributed by atoms with Crippen molar-refractivity contribution in [3.05, 3.63) is 95.1 Å². The molecule has 0 unspecified atom stereocenters. The van der Waals surface area contributed by atoms with E-state index in [4.69, 9.17) is 4.74 Å². The maximum Gasteiger partial charge on any atom is 0.416 e. The van der Waals surface area contributed by atoms with Crippen molar-refractivity contribution in [1.82, 2.24) is 5.32 Å². The van der Waals surface area contributed by atoms with Gasteiger partial charge < -0.3 is 15.2 Å². The number of amides is 1. The Morgan fingerprint density at radius 1 is 0.938 bits per heavy atom. The fraction of sp³-hybridized carbons (Fsp3) is 0.240. The van der Waals surface area contributed by atoms with Crippen LogP contribution in [0.2, 0.25) is 0 Å². The third-order valence-electron chi connectivity index (χ3n) is 5.68. The van der Waals surface area contributed by atoms with E-state index in [0.29, 0.717) is 0 Å². The average molecular weight is 441 g/mol. The number of nitrogens with one attached hydrogen (secondary N) is 1. The second-order valence-electron chi connectivity index (χ2n) is 7.71. The fourth-order valence-electron chi connectivity index (χ4n) is 4.21. The molecule has 4 nitrogen and oxygen atoms in total. The molecule has 32 heavy (non-hydrogen) atoms. The van der Waals surface area contributed by atoms with Crippen LogP contribution in [-0.2, 0) is 17.3 Å². The number of rotatable bonds is 6. The summed E-state index contributed by atoms with van der Waals surface area (Å²) in [6, 6.07) is 20.0. The molecule has 0 heterocycles. The largest absolute Gasteiger partial charge is 0.449 e. The molecule has 7 heteroatoms. The number of ether oxygens (including phenoxy) is 1. The normalized spacial score (nSPS) is 13.9. The molecular weight excluding hydrogens is 419 g/mol. The van der Waals surface area contributed by atoms with Crippen molar-refractivity contribution in [3.63, 3.8) is 0 Å². The molecule has 1 aliphatic carbocycles. The first-order valence-electron chi connectivity index (χ1n) is 10.3. The maximum absolute atomic E-state index is 13.2. The molecule has 0 radical (unpaired) electrons. The van der Waals surface area contributed by atoms with Crippen LogP contribution in [0.25, 0.3) is 11.1 Å². The van der Waals surface area contributed by atoms with E-state index < -0.39 is 30.5 Å². The van der Waals surface area contributed by atoms with Crippen LogP contribution in [-0.4, -0.2) is 30.5 Å². The summed E-state index contributed by atoms with van der Waals surface area (Å²) in [7, 11) is 0. The molecule has 0 saturated heterocycles. The van der Waals surface area contributed by atoms with Crippen LogP contribution < -0.4 is 5.32 Å². The quantitative estimate of drug-likeness (QED) is 0.557. The van der Waals surface area contributed by atoms with E-state index in [1.165, 1.54) is 18.2 Å². The zero-order valence-electron chi connectivity index (χ0n) is 17.1. The number of hydrogen-bond donors (Lipinski definition) is 2. The summed E-state index contributed by atoms with van der Waals surface area (Å²) in [6.07, 6.45) is -5.47. The van der Waals surface area contributed by atoms with Crippen LogP contribution in [0.15, 0.2) is 72.8 Å². The predicted octanol–water partition coefficient (Wildman–Crippen LogP) is 5.15. The van der Waals surface area contributed by atoms with E-state index in [0.717, 1.165) is 28.3 Å². The molecule has 0 aliphatic heterocycles.